The van der Waals surface area contributed by atoms with Crippen molar-refractivity contribution in [3.8, 4) is 18.1 Å². The van der Waals surface area contributed by atoms with Crippen molar-refractivity contribution in [2.45, 2.75) is 25.8 Å². The van der Waals surface area contributed by atoms with Crippen molar-refractivity contribution < 1.29 is 9.13 Å². The number of nitrogens with two attached hydrogens (primary N) is 1. The van der Waals surface area contributed by atoms with Crippen molar-refractivity contribution in [1.82, 2.24) is 0 Å². The summed E-state index contributed by atoms with van der Waals surface area (Å²) in [6.45, 7) is 2.19. The van der Waals surface area contributed by atoms with Crippen LogP contribution in [-0.2, 0) is 6.42 Å². The lowest BCUT2D eigenvalue weighted by Crippen LogP contribution is -2.18. The highest BCUT2D eigenvalue weighted by Crippen LogP contribution is 2.23. The van der Waals surface area contributed by atoms with E-state index in [2.05, 4.69) is 5.92 Å². The van der Waals surface area contributed by atoms with E-state index >= 15 is 0 Å². The highest BCUT2D eigenvalue weighted by Gasteiger charge is 2.10. The van der Waals surface area contributed by atoms with E-state index < -0.39 is 0 Å². The lowest BCUT2D eigenvalue weighted by atomic mass is 10.1. The topological polar surface area (TPSA) is 35.2 Å². The third-order valence-electron chi connectivity index (χ3n) is 2.08. The molecule has 86 valence electrons. The smallest absolute Gasteiger partial charge is 0.165 e. The summed E-state index contributed by atoms with van der Waals surface area (Å²) in [5.74, 6) is 2.35. The van der Waals surface area contributed by atoms with Gasteiger partial charge in [-0.3, -0.25) is 0 Å². The first-order valence-corrected chi connectivity index (χ1v) is 5.24. The normalized spacial score (nSPS) is 11.9. The average Bonchev–Trinajstić information content (AvgIpc) is 2.21. The minimum absolute atomic E-state index is 0.0308. The van der Waals surface area contributed by atoms with Gasteiger partial charge in [0.25, 0.3) is 0 Å². The zero-order valence-corrected chi connectivity index (χ0v) is 9.37. The number of ether oxygens (including phenoxy) is 1. The van der Waals surface area contributed by atoms with Crippen molar-refractivity contribution in [1.29, 1.82) is 0 Å². The Labute approximate surface area is 95.6 Å². The zero-order valence-electron chi connectivity index (χ0n) is 9.37. The summed E-state index contributed by atoms with van der Waals surface area (Å²) in [4.78, 5) is 0. The molecule has 0 saturated heterocycles. The molecule has 1 aromatic carbocycles. The molecule has 1 unspecified atom stereocenters. The van der Waals surface area contributed by atoms with Crippen LogP contribution in [0, 0.1) is 18.2 Å². The summed E-state index contributed by atoms with van der Waals surface area (Å²) in [6.07, 6.45) is 6.16. The first-order valence-electron chi connectivity index (χ1n) is 5.24. The molecular weight excluding hydrogens is 205 g/mol. The highest BCUT2D eigenvalue weighted by atomic mass is 19.1. The number of benzene rings is 1. The molecule has 0 amide bonds. The summed E-state index contributed by atoms with van der Waals surface area (Å²) in [7, 11) is 0. The second-order valence-electron chi connectivity index (χ2n) is 3.71. The van der Waals surface area contributed by atoms with Gasteiger partial charge >= 0.3 is 0 Å². The molecule has 1 rings (SSSR count). The number of hydrogen-bond donors (Lipinski definition) is 1. The summed E-state index contributed by atoms with van der Waals surface area (Å²) >= 11 is 0. The van der Waals surface area contributed by atoms with E-state index in [1.165, 1.54) is 6.07 Å². The largest absolute Gasteiger partial charge is 0.489 e. The highest BCUT2D eigenvalue weighted by molar-refractivity contribution is 5.35. The molecule has 0 aliphatic rings. The third kappa shape index (κ3) is 3.56. The van der Waals surface area contributed by atoms with Crippen LogP contribution in [0.5, 0.6) is 5.75 Å². The molecule has 0 bridgehead atoms. The Morgan fingerprint density at radius 2 is 2.31 bits per heavy atom. The maximum absolute atomic E-state index is 13.5. The molecule has 0 heterocycles. The van der Waals surface area contributed by atoms with Gasteiger partial charge in [-0.2, -0.15) is 0 Å². The van der Waals surface area contributed by atoms with Crippen molar-refractivity contribution in [3.63, 3.8) is 0 Å². The van der Waals surface area contributed by atoms with Gasteiger partial charge < -0.3 is 10.5 Å². The standard InChI is InChI=1S/C13H16FNO/c1-3-4-8-16-13-11(9-10(2)15)6-5-7-12(13)14/h1,5-7,10H,4,8-9,15H2,2H3. The Hall–Kier alpha value is -1.53. The molecule has 2 N–H and O–H groups in total. The molecule has 0 aliphatic heterocycles. The van der Waals surface area contributed by atoms with Gasteiger partial charge in [0.2, 0.25) is 0 Å². The van der Waals surface area contributed by atoms with Gasteiger partial charge in [0, 0.05) is 12.5 Å². The van der Waals surface area contributed by atoms with Crippen LogP contribution in [0.15, 0.2) is 18.2 Å². The molecule has 0 radical (unpaired) electrons. The Morgan fingerprint density at radius 3 is 2.94 bits per heavy atom. The molecule has 0 fully saturated rings. The van der Waals surface area contributed by atoms with Crippen molar-refractivity contribution in [2.24, 2.45) is 5.73 Å². The lowest BCUT2D eigenvalue weighted by molar-refractivity contribution is 0.306. The van der Waals surface area contributed by atoms with E-state index in [0.717, 1.165) is 5.56 Å². The average molecular weight is 221 g/mol. The minimum Gasteiger partial charge on any atom is -0.489 e. The molecule has 3 heteroatoms. The van der Waals surface area contributed by atoms with Crippen molar-refractivity contribution in [2.75, 3.05) is 6.61 Å². The molecule has 1 aromatic rings. The number of para-hydroxylation sites is 1. The maximum Gasteiger partial charge on any atom is 0.165 e. The molecule has 2 nitrogen and oxygen atoms in total. The molecule has 0 aliphatic carbocycles. The Bertz CT molecular complexity index is 382. The van der Waals surface area contributed by atoms with E-state index in [9.17, 15) is 4.39 Å². The van der Waals surface area contributed by atoms with E-state index in [4.69, 9.17) is 16.9 Å². The van der Waals surface area contributed by atoms with Crippen LogP contribution in [0.2, 0.25) is 0 Å². The second-order valence-corrected chi connectivity index (χ2v) is 3.71. The van der Waals surface area contributed by atoms with Crippen LogP contribution in [-0.4, -0.2) is 12.6 Å². The SMILES string of the molecule is C#CCCOc1c(F)cccc1CC(C)N. The van der Waals surface area contributed by atoms with E-state index in [0.29, 0.717) is 19.4 Å². The Balaban J connectivity index is 2.82. The van der Waals surface area contributed by atoms with Gasteiger partial charge in [0.15, 0.2) is 11.6 Å². The van der Waals surface area contributed by atoms with Crippen LogP contribution < -0.4 is 10.5 Å². The van der Waals surface area contributed by atoms with Crippen LogP contribution in [0.4, 0.5) is 4.39 Å². The molecular formula is C13H16FNO. The second kappa shape index (κ2) is 6.14. The molecule has 16 heavy (non-hydrogen) atoms. The fraction of sp³-hybridized carbons (Fsp3) is 0.385. The van der Waals surface area contributed by atoms with E-state index in [1.54, 1.807) is 6.07 Å². The first kappa shape index (κ1) is 12.5. The van der Waals surface area contributed by atoms with Gasteiger partial charge in [-0.15, -0.1) is 12.3 Å². The van der Waals surface area contributed by atoms with E-state index in [1.807, 2.05) is 13.0 Å². The summed E-state index contributed by atoms with van der Waals surface area (Å²) in [5, 5.41) is 0. The summed E-state index contributed by atoms with van der Waals surface area (Å²) in [6, 6.07) is 4.81. The minimum atomic E-state index is -0.366. The molecule has 1 atom stereocenters. The van der Waals surface area contributed by atoms with Crippen LogP contribution in [0.3, 0.4) is 0 Å². The van der Waals surface area contributed by atoms with E-state index in [-0.39, 0.29) is 17.6 Å². The van der Waals surface area contributed by atoms with Crippen LogP contribution in [0.25, 0.3) is 0 Å². The fourth-order valence-corrected chi connectivity index (χ4v) is 1.43. The fourth-order valence-electron chi connectivity index (χ4n) is 1.43. The molecule has 0 spiro atoms. The number of hydrogen-bond acceptors (Lipinski definition) is 2. The van der Waals surface area contributed by atoms with Gasteiger partial charge in [-0.25, -0.2) is 4.39 Å². The quantitative estimate of drug-likeness (QED) is 0.610. The molecule has 0 aromatic heterocycles. The van der Waals surface area contributed by atoms with Crippen LogP contribution >= 0.6 is 0 Å². The van der Waals surface area contributed by atoms with Crippen molar-refractivity contribution >= 4 is 0 Å². The predicted molar refractivity (Wildman–Crippen MR) is 62.7 cm³/mol. The van der Waals surface area contributed by atoms with Gasteiger partial charge in [0.1, 0.15) is 0 Å². The third-order valence-corrected chi connectivity index (χ3v) is 2.08. The number of terminal acetylenes is 1. The van der Waals surface area contributed by atoms with Crippen LogP contribution in [0.1, 0.15) is 18.9 Å². The van der Waals surface area contributed by atoms with Crippen molar-refractivity contribution in [3.05, 3.63) is 29.6 Å². The summed E-state index contributed by atoms with van der Waals surface area (Å²) in [5.41, 5.74) is 6.47. The summed E-state index contributed by atoms with van der Waals surface area (Å²) < 4.78 is 18.8. The zero-order chi connectivity index (χ0) is 12.0. The Kier molecular flexibility index (Phi) is 4.81. The molecule has 0 saturated carbocycles. The lowest BCUT2D eigenvalue weighted by Gasteiger charge is -2.13. The van der Waals surface area contributed by atoms with Gasteiger partial charge in [0.05, 0.1) is 6.61 Å². The number of rotatable bonds is 5. The maximum atomic E-state index is 13.5. The number of halogens is 1. The Morgan fingerprint density at radius 1 is 1.56 bits per heavy atom. The van der Waals surface area contributed by atoms with Gasteiger partial charge in [-0.05, 0) is 25.0 Å². The monoisotopic (exact) mass is 221 g/mol. The predicted octanol–water partition coefficient (Wildman–Crippen LogP) is 2.12. The first-order chi connectivity index (χ1) is 7.65. The van der Waals surface area contributed by atoms with Gasteiger partial charge in [-0.1, -0.05) is 12.1 Å².